The van der Waals surface area contributed by atoms with E-state index < -0.39 is 12.1 Å². The van der Waals surface area contributed by atoms with Gasteiger partial charge in [-0.3, -0.25) is 0 Å². The molecule has 1 unspecified atom stereocenters. The van der Waals surface area contributed by atoms with Crippen LogP contribution in [-0.2, 0) is 16.1 Å². The summed E-state index contributed by atoms with van der Waals surface area (Å²) in [5, 5.41) is 15.4. The first-order chi connectivity index (χ1) is 9.49. The van der Waals surface area contributed by atoms with Crippen molar-refractivity contribution in [2.75, 3.05) is 19.7 Å². The van der Waals surface area contributed by atoms with Gasteiger partial charge in [-0.1, -0.05) is 5.16 Å². The zero-order valence-electron chi connectivity index (χ0n) is 11.4. The molecule has 20 heavy (non-hydrogen) atoms. The minimum Gasteiger partial charge on any atom is -0.479 e. The maximum atomic E-state index is 12.0. The molecule has 1 aromatic rings. The van der Waals surface area contributed by atoms with Crippen LogP contribution in [0.2, 0.25) is 0 Å². The fourth-order valence-corrected chi connectivity index (χ4v) is 2.01. The number of aryl methyl sites for hydroxylation is 2. The van der Waals surface area contributed by atoms with Gasteiger partial charge < -0.3 is 24.6 Å². The number of nitrogens with zero attached hydrogens (tertiary/aromatic N) is 2. The number of hydrogen-bond donors (Lipinski definition) is 2. The maximum Gasteiger partial charge on any atom is 0.334 e. The van der Waals surface area contributed by atoms with E-state index >= 15 is 0 Å². The second-order valence-corrected chi connectivity index (χ2v) is 4.61. The molecule has 0 aliphatic carbocycles. The lowest BCUT2D eigenvalue weighted by molar-refractivity contribution is -0.154. The van der Waals surface area contributed by atoms with Crippen molar-refractivity contribution in [3.63, 3.8) is 0 Å². The van der Waals surface area contributed by atoms with E-state index in [1.54, 1.807) is 13.8 Å². The molecule has 2 amide bonds. The fraction of sp³-hybridized carbons (Fsp3) is 0.583. The van der Waals surface area contributed by atoms with Crippen molar-refractivity contribution in [1.29, 1.82) is 0 Å². The molecular weight excluding hydrogens is 266 g/mol. The molecule has 1 saturated heterocycles. The number of nitrogens with one attached hydrogen (secondary N) is 1. The molecule has 2 rings (SSSR count). The molecule has 2 N–H and O–H groups in total. The number of carboxylic acids is 1. The Morgan fingerprint density at radius 3 is 2.85 bits per heavy atom. The summed E-state index contributed by atoms with van der Waals surface area (Å²) < 4.78 is 10.1. The van der Waals surface area contributed by atoms with Gasteiger partial charge in [-0.2, -0.15) is 0 Å². The minimum atomic E-state index is -1.06. The predicted octanol–water partition coefficient (Wildman–Crippen LogP) is 0.286. The number of aromatic nitrogens is 1. The Kier molecular flexibility index (Phi) is 4.23. The highest BCUT2D eigenvalue weighted by Crippen LogP contribution is 2.12. The minimum absolute atomic E-state index is 0.0444. The number of carbonyl (C=O) groups is 2. The zero-order chi connectivity index (χ0) is 14.7. The van der Waals surface area contributed by atoms with Gasteiger partial charge in [-0.05, 0) is 13.8 Å². The lowest BCUT2D eigenvalue weighted by Crippen LogP contribution is -2.51. The van der Waals surface area contributed by atoms with Crippen LogP contribution in [0.25, 0.3) is 0 Å². The monoisotopic (exact) mass is 283 g/mol. The van der Waals surface area contributed by atoms with Crippen LogP contribution in [0.4, 0.5) is 4.79 Å². The summed E-state index contributed by atoms with van der Waals surface area (Å²) in [5.74, 6) is -0.401. The molecule has 0 saturated carbocycles. The standard InChI is InChI=1S/C12H17N3O5/c1-7-9(8(2)20-14-7)5-13-12(18)15-3-4-19-10(6-15)11(16)17/h10H,3-6H2,1-2H3,(H,13,18)(H,16,17). The number of ether oxygens (including phenoxy) is 1. The van der Waals surface area contributed by atoms with Gasteiger partial charge in [0.15, 0.2) is 6.10 Å². The van der Waals surface area contributed by atoms with Gasteiger partial charge >= 0.3 is 12.0 Å². The van der Waals surface area contributed by atoms with Crippen molar-refractivity contribution in [1.82, 2.24) is 15.4 Å². The molecule has 8 heteroatoms. The summed E-state index contributed by atoms with van der Waals surface area (Å²) >= 11 is 0. The van der Waals surface area contributed by atoms with E-state index in [-0.39, 0.29) is 19.2 Å². The number of morpholine rings is 1. The summed E-state index contributed by atoms with van der Waals surface area (Å²) in [6.07, 6.45) is -0.964. The van der Waals surface area contributed by atoms with E-state index in [0.29, 0.717) is 18.8 Å². The topological polar surface area (TPSA) is 105 Å². The molecule has 0 radical (unpaired) electrons. The van der Waals surface area contributed by atoms with Crippen molar-refractivity contribution < 1.29 is 24.0 Å². The fourth-order valence-electron chi connectivity index (χ4n) is 2.01. The summed E-state index contributed by atoms with van der Waals surface area (Å²) in [6, 6.07) is -0.320. The van der Waals surface area contributed by atoms with Crippen LogP contribution in [0.5, 0.6) is 0 Å². The molecule has 2 heterocycles. The third-order valence-corrected chi connectivity index (χ3v) is 3.23. The second kappa shape index (κ2) is 5.91. The number of rotatable bonds is 3. The highest BCUT2D eigenvalue weighted by atomic mass is 16.5. The molecule has 8 nitrogen and oxygen atoms in total. The molecule has 1 atom stereocenters. The van der Waals surface area contributed by atoms with Crippen LogP contribution >= 0.6 is 0 Å². The Hall–Kier alpha value is -2.09. The van der Waals surface area contributed by atoms with Gasteiger partial charge in [0.2, 0.25) is 0 Å². The van der Waals surface area contributed by atoms with Crippen molar-refractivity contribution in [2.45, 2.75) is 26.5 Å². The lowest BCUT2D eigenvalue weighted by atomic mass is 10.2. The number of urea groups is 1. The molecular formula is C12H17N3O5. The first kappa shape index (κ1) is 14.3. The number of aliphatic carboxylic acids is 1. The Morgan fingerprint density at radius 1 is 1.50 bits per heavy atom. The zero-order valence-corrected chi connectivity index (χ0v) is 11.4. The quantitative estimate of drug-likeness (QED) is 0.826. The molecule has 1 aliphatic rings. The summed E-state index contributed by atoms with van der Waals surface area (Å²) in [6.45, 7) is 4.51. The van der Waals surface area contributed by atoms with Crippen molar-refractivity contribution in [2.24, 2.45) is 0 Å². The SMILES string of the molecule is Cc1noc(C)c1CNC(=O)N1CCOC(C(=O)O)C1. The van der Waals surface area contributed by atoms with E-state index in [1.807, 2.05) is 0 Å². The Labute approximate surface area is 115 Å². The smallest absolute Gasteiger partial charge is 0.334 e. The van der Waals surface area contributed by atoms with Crippen molar-refractivity contribution in [3.05, 3.63) is 17.0 Å². The van der Waals surface area contributed by atoms with Crippen LogP contribution in [-0.4, -0.2) is 53.0 Å². The summed E-state index contributed by atoms with van der Waals surface area (Å²) in [7, 11) is 0. The van der Waals surface area contributed by atoms with Crippen molar-refractivity contribution in [3.8, 4) is 0 Å². The third-order valence-electron chi connectivity index (χ3n) is 3.23. The number of carbonyl (C=O) groups excluding carboxylic acids is 1. The Morgan fingerprint density at radius 2 is 2.25 bits per heavy atom. The average Bonchev–Trinajstić information content (AvgIpc) is 2.75. The summed E-state index contributed by atoms with van der Waals surface area (Å²) in [5.41, 5.74) is 1.56. The first-order valence-electron chi connectivity index (χ1n) is 6.28. The molecule has 1 aliphatic heterocycles. The predicted molar refractivity (Wildman–Crippen MR) is 67.2 cm³/mol. The van der Waals surface area contributed by atoms with Crippen LogP contribution in [0.1, 0.15) is 17.0 Å². The number of carboxylic acid groups (broad SMARTS) is 1. The van der Waals surface area contributed by atoms with Gasteiger partial charge in [-0.25, -0.2) is 9.59 Å². The van der Waals surface area contributed by atoms with Crippen LogP contribution in [0.15, 0.2) is 4.52 Å². The van der Waals surface area contributed by atoms with Gasteiger partial charge in [0, 0.05) is 18.7 Å². The largest absolute Gasteiger partial charge is 0.479 e. The molecule has 0 bridgehead atoms. The van der Waals surface area contributed by atoms with Crippen LogP contribution in [0, 0.1) is 13.8 Å². The summed E-state index contributed by atoms with van der Waals surface area (Å²) in [4.78, 5) is 24.3. The van der Waals surface area contributed by atoms with E-state index in [1.165, 1.54) is 4.90 Å². The van der Waals surface area contributed by atoms with Gasteiger partial charge in [0.05, 0.1) is 18.8 Å². The highest BCUT2D eigenvalue weighted by Gasteiger charge is 2.29. The first-order valence-corrected chi connectivity index (χ1v) is 6.28. The molecule has 0 spiro atoms. The maximum absolute atomic E-state index is 12.0. The van der Waals surface area contributed by atoms with Gasteiger partial charge in [0.25, 0.3) is 0 Å². The van der Waals surface area contributed by atoms with E-state index in [4.69, 9.17) is 14.4 Å². The second-order valence-electron chi connectivity index (χ2n) is 4.61. The van der Waals surface area contributed by atoms with Gasteiger partial charge in [-0.15, -0.1) is 0 Å². The molecule has 1 fully saturated rings. The number of amides is 2. The molecule has 110 valence electrons. The van der Waals surface area contributed by atoms with E-state index in [0.717, 1.165) is 11.3 Å². The average molecular weight is 283 g/mol. The molecule has 1 aromatic heterocycles. The van der Waals surface area contributed by atoms with Crippen LogP contribution in [0.3, 0.4) is 0 Å². The third kappa shape index (κ3) is 3.08. The Balaban J connectivity index is 1.90. The number of hydrogen-bond acceptors (Lipinski definition) is 5. The van der Waals surface area contributed by atoms with E-state index in [9.17, 15) is 9.59 Å². The van der Waals surface area contributed by atoms with Crippen molar-refractivity contribution >= 4 is 12.0 Å². The normalized spacial score (nSPS) is 18.9. The van der Waals surface area contributed by atoms with Gasteiger partial charge in [0.1, 0.15) is 5.76 Å². The lowest BCUT2D eigenvalue weighted by Gasteiger charge is -2.30. The molecule has 0 aromatic carbocycles. The Bertz CT molecular complexity index is 494. The van der Waals surface area contributed by atoms with Crippen LogP contribution < -0.4 is 5.32 Å². The highest BCUT2D eigenvalue weighted by molar-refractivity contribution is 5.77. The van der Waals surface area contributed by atoms with E-state index in [2.05, 4.69) is 10.5 Å².